The second-order valence-electron chi connectivity index (χ2n) is 19.4. The largest absolute Gasteiger partial charge is 0.460 e. The molecule has 6 rings (SSSR count). The minimum atomic E-state index is -3.99. The molecule has 0 spiro atoms. The molecule has 1 aromatic carbocycles. The molecule has 0 radical (unpaired) electrons. The number of benzene rings is 1. The first-order valence-corrected chi connectivity index (χ1v) is 23.6. The van der Waals surface area contributed by atoms with E-state index in [1.165, 1.54) is 21.9 Å². The number of ether oxygens (including phenoxy) is 3. The summed E-state index contributed by atoms with van der Waals surface area (Å²) in [5.74, 6) is -4.88. The van der Waals surface area contributed by atoms with E-state index in [4.69, 9.17) is 14.2 Å². The molecule has 18 nitrogen and oxygen atoms in total. The summed E-state index contributed by atoms with van der Waals surface area (Å²) in [7, 11) is -3.99. The zero-order valence-electron chi connectivity index (χ0n) is 37.3. The predicted octanol–water partition coefficient (Wildman–Crippen LogP) is 3.75. The lowest BCUT2D eigenvalue weighted by atomic mass is 10.0. The molecule has 3 heterocycles. The van der Waals surface area contributed by atoms with E-state index in [9.17, 15) is 46.4 Å². The number of alkyl carbamates (subject to hydrolysis) is 1. The van der Waals surface area contributed by atoms with Gasteiger partial charge >= 0.3 is 18.2 Å². The number of esters is 1. The summed E-state index contributed by atoms with van der Waals surface area (Å²) in [4.78, 5) is 99.0. The number of sulfonamides is 1. The average molecular weight is 917 g/mol. The lowest BCUT2D eigenvalue weighted by Crippen LogP contribution is -2.59. The van der Waals surface area contributed by atoms with Crippen LogP contribution in [0.2, 0.25) is 0 Å². The first-order valence-electron chi connectivity index (χ1n) is 22.0. The van der Waals surface area contributed by atoms with Crippen molar-refractivity contribution in [3.63, 3.8) is 0 Å². The highest BCUT2D eigenvalue weighted by Crippen LogP contribution is 2.46. The van der Waals surface area contributed by atoms with Gasteiger partial charge in [0.1, 0.15) is 46.8 Å². The van der Waals surface area contributed by atoms with E-state index >= 15 is 0 Å². The van der Waals surface area contributed by atoms with Crippen LogP contribution in [0.15, 0.2) is 30.4 Å². The van der Waals surface area contributed by atoms with Gasteiger partial charge in [-0.2, -0.15) is 0 Å². The normalized spacial score (nSPS) is 25.5. The molecule has 352 valence electrons. The number of amides is 6. The van der Waals surface area contributed by atoms with Crippen molar-refractivity contribution in [3.8, 4) is 0 Å². The third-order valence-electron chi connectivity index (χ3n) is 11.7. The summed E-state index contributed by atoms with van der Waals surface area (Å²) in [6.45, 7) is 9.68. The van der Waals surface area contributed by atoms with Crippen molar-refractivity contribution in [3.05, 3.63) is 47.3 Å². The van der Waals surface area contributed by atoms with Gasteiger partial charge in [0.15, 0.2) is 0 Å². The fraction of sp³-hybridized carbons (Fsp3) is 0.659. The van der Waals surface area contributed by atoms with E-state index in [0.29, 0.717) is 49.7 Å². The van der Waals surface area contributed by atoms with Crippen LogP contribution >= 0.6 is 0 Å². The van der Waals surface area contributed by atoms with Crippen molar-refractivity contribution >= 4 is 51.8 Å². The van der Waals surface area contributed by atoms with E-state index < -0.39 is 110 Å². The third kappa shape index (κ3) is 12.3. The zero-order valence-corrected chi connectivity index (χ0v) is 38.1. The van der Waals surface area contributed by atoms with Crippen molar-refractivity contribution in [1.82, 2.24) is 30.5 Å². The van der Waals surface area contributed by atoms with Gasteiger partial charge in [0.25, 0.3) is 5.91 Å². The highest BCUT2D eigenvalue weighted by molar-refractivity contribution is 7.91. The maximum Gasteiger partial charge on any atom is 0.410 e. The first-order chi connectivity index (χ1) is 29.9. The molecule has 20 heteroatoms. The number of rotatable bonds is 10. The molecule has 0 unspecified atom stereocenters. The van der Waals surface area contributed by atoms with E-state index in [0.717, 1.165) is 0 Å². The van der Waals surface area contributed by atoms with Gasteiger partial charge in [0, 0.05) is 30.9 Å². The molecule has 1 saturated heterocycles. The highest BCUT2D eigenvalue weighted by Gasteiger charge is 2.62. The van der Waals surface area contributed by atoms with Gasteiger partial charge in [-0.15, -0.1) is 0 Å². The quantitative estimate of drug-likeness (QED) is 0.149. The topological polar surface area (TPSA) is 236 Å². The molecule has 5 aliphatic rings. The molecule has 64 heavy (non-hydrogen) atoms. The van der Waals surface area contributed by atoms with Crippen molar-refractivity contribution in [2.45, 2.75) is 171 Å². The van der Waals surface area contributed by atoms with Gasteiger partial charge in [-0.25, -0.2) is 22.4 Å². The molecular formula is C44H61FN6O12S. The summed E-state index contributed by atoms with van der Waals surface area (Å²) in [5, 5.41) is 7.32. The SMILES string of the molecule is CC(C)(C)OC(=O)CC[C@H](NC(=O)OC(C)(C)C)C(=O)N[C@H]1CCCCCC=C[C@@H]2C[C@@]2(C(=O)NS(=O)(=O)C2CC2)NC(=O)[C@@H]2C[C@@H](OC(=O)N3Cc4cccc(F)c4C3)CN2C1=O. The van der Waals surface area contributed by atoms with Gasteiger partial charge in [-0.1, -0.05) is 37.1 Å². The fourth-order valence-corrected chi connectivity index (χ4v) is 9.58. The summed E-state index contributed by atoms with van der Waals surface area (Å²) in [6, 6.07) is 0.517. The van der Waals surface area contributed by atoms with Crippen LogP contribution in [0.3, 0.4) is 0 Å². The summed E-state index contributed by atoms with van der Waals surface area (Å²) in [5.41, 5.74) is -2.45. The van der Waals surface area contributed by atoms with Crippen LogP contribution in [0.1, 0.15) is 123 Å². The molecular weight excluding hydrogens is 856 g/mol. The number of hydrogen-bond donors (Lipinski definition) is 4. The number of nitrogens with one attached hydrogen (secondary N) is 4. The van der Waals surface area contributed by atoms with E-state index in [-0.39, 0.29) is 51.7 Å². The maximum atomic E-state index is 14.8. The molecule has 6 amide bonds. The monoisotopic (exact) mass is 916 g/mol. The van der Waals surface area contributed by atoms with Crippen molar-refractivity contribution in [2.75, 3.05) is 6.54 Å². The van der Waals surface area contributed by atoms with Crippen LogP contribution in [-0.4, -0.2) is 113 Å². The number of fused-ring (bicyclic) bond motifs is 3. The highest BCUT2D eigenvalue weighted by atomic mass is 32.2. The summed E-state index contributed by atoms with van der Waals surface area (Å²) < 4.78 is 59.2. The number of carbonyl (C=O) groups is 7. The van der Waals surface area contributed by atoms with Gasteiger partial charge < -0.3 is 35.1 Å². The summed E-state index contributed by atoms with van der Waals surface area (Å²) >= 11 is 0. The first kappa shape index (κ1) is 48.2. The summed E-state index contributed by atoms with van der Waals surface area (Å²) in [6.07, 6.45) is 3.40. The Labute approximate surface area is 373 Å². The Morgan fingerprint density at radius 1 is 0.969 bits per heavy atom. The smallest absolute Gasteiger partial charge is 0.410 e. The van der Waals surface area contributed by atoms with E-state index in [2.05, 4.69) is 20.7 Å². The molecule has 0 aromatic heterocycles. The number of halogens is 1. The molecule has 6 atom stereocenters. The molecule has 3 fully saturated rings. The fourth-order valence-electron chi connectivity index (χ4n) is 8.22. The Morgan fingerprint density at radius 2 is 1.69 bits per heavy atom. The zero-order chi connectivity index (χ0) is 46.8. The van der Waals surface area contributed by atoms with Crippen LogP contribution in [-0.2, 0) is 61.3 Å². The lowest BCUT2D eigenvalue weighted by molar-refractivity contribution is -0.155. The van der Waals surface area contributed by atoms with Crippen molar-refractivity contribution in [1.29, 1.82) is 0 Å². The number of carbonyl (C=O) groups excluding carboxylic acids is 7. The number of allylic oxidation sites excluding steroid dienone is 1. The molecule has 2 aliphatic carbocycles. The van der Waals surface area contributed by atoms with Crippen LogP contribution in [0.4, 0.5) is 14.0 Å². The molecule has 4 N–H and O–H groups in total. The average Bonchev–Trinajstić information content (AvgIpc) is 4.07. The van der Waals surface area contributed by atoms with E-state index in [1.807, 2.05) is 6.08 Å². The van der Waals surface area contributed by atoms with Gasteiger partial charge in [0.05, 0.1) is 18.3 Å². The van der Waals surface area contributed by atoms with Crippen molar-refractivity contribution < 1.29 is 60.6 Å². The Kier molecular flexibility index (Phi) is 14.4. The maximum absolute atomic E-state index is 14.8. The second kappa shape index (κ2) is 19.1. The molecule has 3 aliphatic heterocycles. The van der Waals surface area contributed by atoms with Gasteiger partial charge in [-0.3, -0.25) is 33.6 Å². The third-order valence-corrected chi connectivity index (χ3v) is 13.5. The lowest BCUT2D eigenvalue weighted by Gasteiger charge is -2.31. The molecule has 0 bridgehead atoms. The predicted molar refractivity (Wildman–Crippen MR) is 227 cm³/mol. The van der Waals surface area contributed by atoms with Gasteiger partial charge in [0.2, 0.25) is 27.7 Å². The van der Waals surface area contributed by atoms with E-state index in [1.54, 1.807) is 53.7 Å². The Balaban J connectivity index is 1.27. The Hall–Kier alpha value is -5.27. The minimum Gasteiger partial charge on any atom is -0.460 e. The standard InChI is InChI=1S/C44H61FN6O12S/c1-42(2,3)62-35(52)20-19-32(47-40(57)63-43(4,5)6)36(53)46-33-16-11-9-7-8-10-14-27-22-44(27,39(56)49-64(59,60)29-17-18-29)48-37(54)34-21-28(24-51(34)38(33)55)61-41(58)50-23-26-13-12-15-31(45)30(26)25-50/h10,12-15,27-29,32-34H,7-9,11,16-25H2,1-6H3,(H,46,53)(H,47,57)(H,48,54)(H,49,56)/t27-,28-,32+,33+,34+,44-/m1/s1. The van der Waals surface area contributed by atoms with Crippen LogP contribution in [0.5, 0.6) is 0 Å². The number of nitrogens with zero attached hydrogens (tertiary/aromatic N) is 2. The van der Waals surface area contributed by atoms with Crippen LogP contribution in [0, 0.1) is 11.7 Å². The van der Waals surface area contributed by atoms with Crippen LogP contribution in [0.25, 0.3) is 0 Å². The Bertz CT molecular complexity index is 2150. The van der Waals surface area contributed by atoms with Crippen LogP contribution < -0.4 is 20.7 Å². The van der Waals surface area contributed by atoms with Crippen molar-refractivity contribution in [2.24, 2.45) is 5.92 Å². The molecule has 2 saturated carbocycles. The van der Waals surface area contributed by atoms with Gasteiger partial charge in [-0.05, 0) is 98.1 Å². The minimum absolute atomic E-state index is 0.0586. The second-order valence-corrected chi connectivity index (χ2v) is 21.3. The molecule has 1 aromatic rings. The Morgan fingerprint density at radius 3 is 2.36 bits per heavy atom. The number of hydrogen-bond acceptors (Lipinski definition) is 12.